The van der Waals surface area contributed by atoms with Crippen LogP contribution in [0.4, 0.5) is 0 Å². The van der Waals surface area contributed by atoms with Crippen molar-refractivity contribution >= 4 is 11.1 Å². The average Bonchev–Trinajstić information content (AvgIpc) is 2.51. The number of benzene rings is 1. The summed E-state index contributed by atoms with van der Waals surface area (Å²) in [7, 11) is 0. The monoisotopic (exact) mass is 177 g/mol. The van der Waals surface area contributed by atoms with E-state index in [1.54, 1.807) is 6.92 Å². The van der Waals surface area contributed by atoms with Crippen molar-refractivity contribution < 1.29 is 9.52 Å². The van der Waals surface area contributed by atoms with Crippen LogP contribution in [0.1, 0.15) is 24.2 Å². The smallest absolute Gasteiger partial charge is 0.181 e. The third-order valence-electron chi connectivity index (χ3n) is 2.12. The minimum Gasteiger partial charge on any atom is -0.443 e. The fourth-order valence-electron chi connectivity index (χ4n) is 1.41. The van der Waals surface area contributed by atoms with Gasteiger partial charge in [0.25, 0.3) is 0 Å². The van der Waals surface area contributed by atoms with Crippen LogP contribution in [-0.2, 0) is 0 Å². The number of aliphatic hydroxyl groups is 1. The molecule has 2 rings (SSSR count). The van der Waals surface area contributed by atoms with Gasteiger partial charge in [-0.3, -0.25) is 0 Å². The van der Waals surface area contributed by atoms with E-state index >= 15 is 0 Å². The van der Waals surface area contributed by atoms with Gasteiger partial charge in [-0.05, 0) is 37.1 Å². The fraction of sp³-hybridized carbons (Fsp3) is 0.300. The number of rotatable bonds is 1. The van der Waals surface area contributed by atoms with Crippen LogP contribution < -0.4 is 0 Å². The first-order valence-electron chi connectivity index (χ1n) is 4.20. The molecule has 0 aliphatic heterocycles. The van der Waals surface area contributed by atoms with E-state index < -0.39 is 6.10 Å². The Hall–Kier alpha value is -1.35. The van der Waals surface area contributed by atoms with E-state index in [0.29, 0.717) is 0 Å². The lowest BCUT2D eigenvalue weighted by Crippen LogP contribution is -1.91. The maximum absolute atomic E-state index is 9.39. The lowest BCUT2D eigenvalue weighted by molar-refractivity contribution is 0.199. The Kier molecular flexibility index (Phi) is 1.81. The summed E-state index contributed by atoms with van der Waals surface area (Å²) in [6.07, 6.45) is 0.962. The number of hydrogen-bond donors (Lipinski definition) is 1. The van der Waals surface area contributed by atoms with Gasteiger partial charge in [-0.15, -0.1) is 0 Å². The third-order valence-corrected chi connectivity index (χ3v) is 2.12. The summed E-state index contributed by atoms with van der Waals surface area (Å²) in [5.41, 5.74) is 3.48. The summed E-state index contributed by atoms with van der Waals surface area (Å²) in [5.74, 6) is 0. The SMILES string of the molecule is Cc1cc(C(C)O)cc2ncoc12. The number of hydrogen-bond acceptors (Lipinski definition) is 3. The molecule has 68 valence electrons. The van der Waals surface area contributed by atoms with E-state index in [1.807, 2.05) is 19.1 Å². The number of aryl methyl sites for hydroxylation is 1. The summed E-state index contributed by atoms with van der Waals surface area (Å²) in [4.78, 5) is 4.04. The van der Waals surface area contributed by atoms with E-state index in [1.165, 1.54) is 6.39 Å². The van der Waals surface area contributed by atoms with Gasteiger partial charge in [0.1, 0.15) is 5.52 Å². The standard InChI is InChI=1S/C10H11NO2/c1-6-3-8(7(2)12)4-9-10(6)13-5-11-9/h3-5,7,12H,1-2H3. The van der Waals surface area contributed by atoms with Gasteiger partial charge < -0.3 is 9.52 Å². The molecule has 2 aromatic rings. The highest BCUT2D eigenvalue weighted by Crippen LogP contribution is 2.22. The van der Waals surface area contributed by atoms with Crippen LogP contribution in [0.25, 0.3) is 11.1 Å². The molecule has 0 saturated carbocycles. The molecule has 3 heteroatoms. The molecule has 0 spiro atoms. The van der Waals surface area contributed by atoms with Crippen LogP contribution in [0.15, 0.2) is 22.9 Å². The van der Waals surface area contributed by atoms with Crippen molar-refractivity contribution in [2.45, 2.75) is 20.0 Å². The van der Waals surface area contributed by atoms with Crippen LogP contribution in [0.3, 0.4) is 0 Å². The molecule has 13 heavy (non-hydrogen) atoms. The van der Waals surface area contributed by atoms with Gasteiger partial charge in [-0.2, -0.15) is 0 Å². The highest BCUT2D eigenvalue weighted by atomic mass is 16.3. The molecular formula is C10H11NO2. The Morgan fingerprint density at radius 1 is 1.46 bits per heavy atom. The summed E-state index contributed by atoms with van der Waals surface area (Å²) in [6, 6.07) is 3.76. The van der Waals surface area contributed by atoms with Crippen LogP contribution in [0.5, 0.6) is 0 Å². The lowest BCUT2D eigenvalue weighted by atomic mass is 10.1. The van der Waals surface area contributed by atoms with Gasteiger partial charge >= 0.3 is 0 Å². The van der Waals surface area contributed by atoms with E-state index in [2.05, 4.69) is 4.98 Å². The van der Waals surface area contributed by atoms with Crippen LogP contribution in [-0.4, -0.2) is 10.1 Å². The highest BCUT2D eigenvalue weighted by molar-refractivity contribution is 5.76. The van der Waals surface area contributed by atoms with Crippen LogP contribution in [0.2, 0.25) is 0 Å². The second-order valence-electron chi connectivity index (χ2n) is 3.21. The maximum atomic E-state index is 9.39. The topological polar surface area (TPSA) is 46.3 Å². The highest BCUT2D eigenvalue weighted by Gasteiger charge is 2.07. The van der Waals surface area contributed by atoms with E-state index in [4.69, 9.17) is 4.42 Å². The number of oxazole rings is 1. The minimum atomic E-state index is -0.459. The molecule has 0 aliphatic carbocycles. The first-order valence-corrected chi connectivity index (χ1v) is 4.20. The number of aromatic nitrogens is 1. The van der Waals surface area contributed by atoms with Crippen molar-refractivity contribution in [1.82, 2.24) is 4.98 Å². The molecule has 0 saturated heterocycles. The molecule has 0 fully saturated rings. The largest absolute Gasteiger partial charge is 0.443 e. The number of fused-ring (bicyclic) bond motifs is 1. The molecule has 0 amide bonds. The molecule has 1 heterocycles. The molecule has 1 N–H and O–H groups in total. The van der Waals surface area contributed by atoms with E-state index in [9.17, 15) is 5.11 Å². The first kappa shape index (κ1) is 8.26. The Balaban J connectivity index is 2.70. The Bertz CT molecular complexity index is 431. The molecule has 1 aromatic heterocycles. The fourth-order valence-corrected chi connectivity index (χ4v) is 1.41. The zero-order chi connectivity index (χ0) is 9.42. The molecule has 1 unspecified atom stereocenters. The number of aliphatic hydroxyl groups excluding tert-OH is 1. The van der Waals surface area contributed by atoms with Gasteiger partial charge in [-0.25, -0.2) is 4.98 Å². The van der Waals surface area contributed by atoms with Crippen LogP contribution in [0, 0.1) is 6.92 Å². The zero-order valence-electron chi connectivity index (χ0n) is 7.61. The summed E-state index contributed by atoms with van der Waals surface area (Å²) in [6.45, 7) is 3.68. The Morgan fingerprint density at radius 3 is 2.92 bits per heavy atom. The molecule has 3 nitrogen and oxygen atoms in total. The first-order chi connectivity index (χ1) is 6.18. The van der Waals surface area contributed by atoms with Gasteiger partial charge in [-0.1, -0.05) is 0 Å². The summed E-state index contributed by atoms with van der Waals surface area (Å²) < 4.78 is 5.19. The molecule has 0 aliphatic rings. The van der Waals surface area contributed by atoms with Gasteiger partial charge in [0.15, 0.2) is 12.0 Å². The molecular weight excluding hydrogens is 166 g/mol. The van der Waals surface area contributed by atoms with Crippen molar-refractivity contribution in [2.75, 3.05) is 0 Å². The predicted octanol–water partition coefficient (Wildman–Crippen LogP) is 2.19. The normalized spacial score (nSPS) is 13.5. The Morgan fingerprint density at radius 2 is 2.23 bits per heavy atom. The average molecular weight is 177 g/mol. The third kappa shape index (κ3) is 1.31. The zero-order valence-corrected chi connectivity index (χ0v) is 7.61. The lowest BCUT2D eigenvalue weighted by Gasteiger charge is -2.04. The maximum Gasteiger partial charge on any atom is 0.181 e. The molecule has 1 aromatic carbocycles. The minimum absolute atomic E-state index is 0.459. The van der Waals surface area contributed by atoms with Gasteiger partial charge in [0.05, 0.1) is 6.10 Å². The van der Waals surface area contributed by atoms with Crippen molar-refractivity contribution in [1.29, 1.82) is 0 Å². The summed E-state index contributed by atoms with van der Waals surface area (Å²) in [5, 5.41) is 9.39. The quantitative estimate of drug-likeness (QED) is 0.726. The second kappa shape index (κ2) is 2.85. The van der Waals surface area contributed by atoms with E-state index in [0.717, 1.165) is 22.2 Å². The van der Waals surface area contributed by atoms with Crippen molar-refractivity contribution in [2.24, 2.45) is 0 Å². The van der Waals surface area contributed by atoms with Crippen molar-refractivity contribution in [3.05, 3.63) is 29.7 Å². The summed E-state index contributed by atoms with van der Waals surface area (Å²) >= 11 is 0. The van der Waals surface area contributed by atoms with E-state index in [-0.39, 0.29) is 0 Å². The molecule has 0 radical (unpaired) electrons. The van der Waals surface area contributed by atoms with Crippen molar-refractivity contribution in [3.8, 4) is 0 Å². The second-order valence-corrected chi connectivity index (χ2v) is 3.21. The van der Waals surface area contributed by atoms with Gasteiger partial charge in [0.2, 0.25) is 0 Å². The molecule has 1 atom stereocenters. The van der Waals surface area contributed by atoms with Crippen LogP contribution >= 0.6 is 0 Å². The number of nitrogens with zero attached hydrogens (tertiary/aromatic N) is 1. The Labute approximate surface area is 76.0 Å². The van der Waals surface area contributed by atoms with Gasteiger partial charge in [0, 0.05) is 0 Å². The van der Waals surface area contributed by atoms with Crippen molar-refractivity contribution in [3.63, 3.8) is 0 Å². The molecule has 0 bridgehead atoms. The predicted molar refractivity (Wildman–Crippen MR) is 49.4 cm³/mol.